The molecule has 2 aliphatic rings. The molecule has 2 N–H and O–H groups in total. The maximum absolute atomic E-state index is 12.1. The van der Waals surface area contributed by atoms with E-state index in [1.165, 1.54) is 19.3 Å². The fourth-order valence-corrected chi connectivity index (χ4v) is 3.91. The van der Waals surface area contributed by atoms with Gasteiger partial charge in [0.05, 0.1) is 0 Å². The molecule has 132 valence electrons. The second-order valence-electron chi connectivity index (χ2n) is 7.24. The van der Waals surface area contributed by atoms with Crippen LogP contribution >= 0.6 is 0 Å². The molecule has 0 spiro atoms. The molecule has 3 unspecified atom stereocenters. The van der Waals surface area contributed by atoms with Crippen molar-refractivity contribution < 1.29 is 9.59 Å². The molecular formula is C17H27N5O2. The van der Waals surface area contributed by atoms with Gasteiger partial charge in [0, 0.05) is 45.4 Å². The van der Waals surface area contributed by atoms with Crippen molar-refractivity contribution in [3.63, 3.8) is 0 Å². The molecule has 2 fully saturated rings. The van der Waals surface area contributed by atoms with Crippen molar-refractivity contribution in [2.45, 2.75) is 51.1 Å². The van der Waals surface area contributed by atoms with Crippen LogP contribution in [0.2, 0.25) is 0 Å². The summed E-state index contributed by atoms with van der Waals surface area (Å²) < 4.78 is 1.76. The van der Waals surface area contributed by atoms with Gasteiger partial charge in [-0.15, -0.1) is 0 Å². The van der Waals surface area contributed by atoms with Crippen LogP contribution in [-0.2, 0) is 11.3 Å². The summed E-state index contributed by atoms with van der Waals surface area (Å²) in [4.78, 5) is 25.2. The first-order valence-corrected chi connectivity index (χ1v) is 8.82. The van der Waals surface area contributed by atoms with Crippen LogP contribution < -0.4 is 10.6 Å². The van der Waals surface area contributed by atoms with E-state index in [4.69, 9.17) is 0 Å². The molecule has 1 heterocycles. The third-order valence-corrected chi connectivity index (χ3v) is 5.21. The first kappa shape index (κ1) is 16.8. The molecule has 3 amide bonds. The van der Waals surface area contributed by atoms with Crippen LogP contribution in [-0.4, -0.2) is 46.8 Å². The van der Waals surface area contributed by atoms with Crippen LogP contribution in [0, 0.1) is 11.8 Å². The Morgan fingerprint density at radius 2 is 2.17 bits per heavy atom. The predicted molar refractivity (Wildman–Crippen MR) is 91.5 cm³/mol. The van der Waals surface area contributed by atoms with Crippen molar-refractivity contribution in [1.82, 2.24) is 20.0 Å². The highest BCUT2D eigenvalue weighted by Crippen LogP contribution is 2.44. The van der Waals surface area contributed by atoms with Crippen molar-refractivity contribution in [1.29, 1.82) is 0 Å². The number of amides is 3. The smallest absolute Gasteiger partial charge is 0.320 e. The highest BCUT2D eigenvalue weighted by Gasteiger charge is 2.40. The zero-order chi connectivity index (χ0) is 17.1. The number of urea groups is 1. The molecule has 0 aliphatic heterocycles. The van der Waals surface area contributed by atoms with Crippen molar-refractivity contribution in [3.05, 3.63) is 12.3 Å². The van der Waals surface area contributed by atoms with Crippen LogP contribution in [0.4, 0.5) is 10.6 Å². The summed E-state index contributed by atoms with van der Waals surface area (Å²) in [5, 5.41) is 10.2. The number of carbonyl (C=O) groups excluding carboxylic acids is 2. The molecule has 2 bridgehead atoms. The van der Waals surface area contributed by atoms with Gasteiger partial charge >= 0.3 is 6.03 Å². The number of fused-ring (bicyclic) bond motifs is 2. The summed E-state index contributed by atoms with van der Waals surface area (Å²) in [7, 11) is 3.51. The summed E-state index contributed by atoms with van der Waals surface area (Å²) in [6.07, 6.45) is 8.02. The third kappa shape index (κ3) is 4.07. The van der Waals surface area contributed by atoms with E-state index < -0.39 is 0 Å². The maximum atomic E-state index is 12.1. The zero-order valence-corrected chi connectivity index (χ0v) is 14.5. The van der Waals surface area contributed by atoms with E-state index in [0.717, 1.165) is 18.8 Å². The summed E-state index contributed by atoms with van der Waals surface area (Å²) in [5.41, 5.74) is 0. The minimum atomic E-state index is -0.166. The van der Waals surface area contributed by atoms with Gasteiger partial charge in [-0.2, -0.15) is 5.10 Å². The van der Waals surface area contributed by atoms with Gasteiger partial charge in [0.2, 0.25) is 5.91 Å². The monoisotopic (exact) mass is 333 g/mol. The number of aryl methyl sites for hydroxylation is 1. The number of rotatable bonds is 6. The van der Waals surface area contributed by atoms with Crippen molar-refractivity contribution >= 4 is 17.8 Å². The number of hydrogen-bond donors (Lipinski definition) is 2. The molecule has 3 rings (SSSR count). The molecule has 2 aliphatic carbocycles. The van der Waals surface area contributed by atoms with Crippen molar-refractivity contribution in [3.8, 4) is 0 Å². The number of carbonyl (C=O) groups is 2. The van der Waals surface area contributed by atoms with Gasteiger partial charge < -0.3 is 10.2 Å². The van der Waals surface area contributed by atoms with E-state index in [1.54, 1.807) is 29.7 Å². The number of nitrogens with zero attached hydrogens (tertiary/aromatic N) is 3. The number of aromatic nitrogens is 2. The number of anilines is 1. The van der Waals surface area contributed by atoms with Crippen molar-refractivity contribution in [2.75, 3.05) is 19.4 Å². The van der Waals surface area contributed by atoms with Gasteiger partial charge in [0.1, 0.15) is 0 Å². The number of nitrogens with one attached hydrogen (secondary N) is 2. The molecule has 7 heteroatoms. The highest BCUT2D eigenvalue weighted by atomic mass is 16.2. The van der Waals surface area contributed by atoms with Gasteiger partial charge in [-0.05, 0) is 37.5 Å². The molecular weight excluding hydrogens is 306 g/mol. The fraction of sp³-hybridized carbons (Fsp3) is 0.706. The lowest BCUT2D eigenvalue weighted by atomic mass is 9.95. The van der Waals surface area contributed by atoms with Gasteiger partial charge in [-0.1, -0.05) is 6.42 Å². The van der Waals surface area contributed by atoms with Crippen LogP contribution in [0.1, 0.15) is 38.5 Å². The summed E-state index contributed by atoms with van der Waals surface area (Å²) in [6, 6.07) is 1.94. The largest absolute Gasteiger partial charge is 0.349 e. The first-order valence-electron chi connectivity index (χ1n) is 8.82. The lowest BCUT2D eigenvalue weighted by Gasteiger charge is -2.22. The average Bonchev–Trinajstić information content (AvgIpc) is 3.24. The van der Waals surface area contributed by atoms with Gasteiger partial charge in [-0.3, -0.25) is 14.8 Å². The predicted octanol–water partition coefficient (Wildman–Crippen LogP) is 2.06. The number of hydrogen-bond acceptors (Lipinski definition) is 3. The standard InChI is InChI=1S/C17H27N5O2/c1-21(2)16(23)4-3-8-22-9-7-15(20-22)19-17(24)18-14-11-12-5-6-13(14)10-12/h7,9,12-14H,3-6,8,10-11H2,1-2H3,(H2,18,19,20,24). The second-order valence-corrected chi connectivity index (χ2v) is 7.24. The lowest BCUT2D eigenvalue weighted by molar-refractivity contribution is -0.128. The van der Waals surface area contributed by atoms with Crippen molar-refractivity contribution in [2.24, 2.45) is 11.8 Å². The molecule has 7 nitrogen and oxygen atoms in total. The topological polar surface area (TPSA) is 79.3 Å². The normalized spacial score (nSPS) is 24.8. The van der Waals surface area contributed by atoms with E-state index in [9.17, 15) is 9.59 Å². The average molecular weight is 333 g/mol. The Labute approximate surface area is 142 Å². The minimum Gasteiger partial charge on any atom is -0.349 e. The molecule has 0 radical (unpaired) electrons. The van der Waals surface area contributed by atoms with E-state index in [2.05, 4.69) is 15.7 Å². The summed E-state index contributed by atoms with van der Waals surface area (Å²) >= 11 is 0. The SMILES string of the molecule is CN(C)C(=O)CCCn1ccc(NC(=O)NC2CC3CCC2C3)n1. The van der Waals surface area contributed by atoms with Crippen LogP contribution in [0.25, 0.3) is 0 Å². The molecule has 24 heavy (non-hydrogen) atoms. The third-order valence-electron chi connectivity index (χ3n) is 5.21. The van der Waals surface area contributed by atoms with E-state index in [1.807, 2.05) is 6.20 Å². The van der Waals surface area contributed by atoms with Gasteiger partial charge in [0.15, 0.2) is 5.82 Å². The molecule has 3 atom stereocenters. The van der Waals surface area contributed by atoms with E-state index >= 15 is 0 Å². The van der Waals surface area contributed by atoms with Gasteiger partial charge in [-0.25, -0.2) is 4.79 Å². The van der Waals surface area contributed by atoms with Gasteiger partial charge in [0.25, 0.3) is 0 Å². The Balaban J connectivity index is 1.40. The highest BCUT2D eigenvalue weighted by molar-refractivity contribution is 5.88. The minimum absolute atomic E-state index is 0.116. The summed E-state index contributed by atoms with van der Waals surface area (Å²) in [6.45, 7) is 0.662. The molecule has 2 saturated carbocycles. The molecule has 0 saturated heterocycles. The lowest BCUT2D eigenvalue weighted by Crippen LogP contribution is -2.41. The fourth-order valence-electron chi connectivity index (χ4n) is 3.91. The zero-order valence-electron chi connectivity index (χ0n) is 14.5. The Kier molecular flexibility index (Phi) is 5.06. The Bertz CT molecular complexity index is 598. The van der Waals surface area contributed by atoms with Crippen LogP contribution in [0.15, 0.2) is 12.3 Å². The Hall–Kier alpha value is -2.05. The Morgan fingerprint density at radius 1 is 1.33 bits per heavy atom. The Morgan fingerprint density at radius 3 is 2.83 bits per heavy atom. The molecule has 0 aromatic carbocycles. The van der Waals surface area contributed by atoms with Crippen LogP contribution in [0.5, 0.6) is 0 Å². The summed E-state index contributed by atoms with van der Waals surface area (Å²) in [5.74, 6) is 2.14. The molecule has 1 aromatic heterocycles. The first-order chi connectivity index (χ1) is 11.5. The quantitative estimate of drug-likeness (QED) is 0.836. The second kappa shape index (κ2) is 7.23. The van der Waals surface area contributed by atoms with E-state index in [-0.39, 0.29) is 11.9 Å². The van der Waals surface area contributed by atoms with Crippen LogP contribution in [0.3, 0.4) is 0 Å². The molecule has 1 aromatic rings. The van der Waals surface area contributed by atoms with E-state index in [0.29, 0.717) is 30.7 Å². The maximum Gasteiger partial charge on any atom is 0.320 e.